The summed E-state index contributed by atoms with van der Waals surface area (Å²) in [5.74, 6) is 1.59. The van der Waals surface area contributed by atoms with Crippen LogP contribution in [0.4, 0.5) is 5.95 Å². The summed E-state index contributed by atoms with van der Waals surface area (Å²) in [5, 5.41) is 13.6. The highest BCUT2D eigenvalue weighted by molar-refractivity contribution is 5.81. The summed E-state index contributed by atoms with van der Waals surface area (Å²) in [6.07, 6.45) is 1.59. The number of aromatic nitrogens is 2. The van der Waals surface area contributed by atoms with Gasteiger partial charge in [-0.3, -0.25) is 9.78 Å². The van der Waals surface area contributed by atoms with Crippen molar-refractivity contribution < 1.29 is 9.47 Å². The topological polar surface area (TPSA) is 112 Å². The molecule has 0 aliphatic heterocycles. The number of nitrogens with one attached hydrogen (secondary N) is 2. The normalized spacial score (nSPS) is 10.7. The van der Waals surface area contributed by atoms with E-state index < -0.39 is 5.56 Å². The lowest BCUT2D eigenvalue weighted by Crippen LogP contribution is -2.16. The minimum atomic E-state index is -0.543. The maximum Gasteiger partial charge on any atom is 0.270 e. The quantitative estimate of drug-likeness (QED) is 0.289. The summed E-state index contributed by atoms with van der Waals surface area (Å²) in [5.41, 5.74) is 5.90. The van der Waals surface area contributed by atoms with Gasteiger partial charge in [0.1, 0.15) is 29.7 Å². The molecule has 3 aromatic carbocycles. The molecule has 0 fully saturated rings. The third kappa shape index (κ3) is 5.72. The fourth-order valence-corrected chi connectivity index (χ4v) is 3.39. The molecule has 174 valence electrons. The van der Waals surface area contributed by atoms with Crippen LogP contribution in [0.15, 0.2) is 82.7 Å². The van der Waals surface area contributed by atoms with Crippen LogP contribution >= 0.6 is 0 Å². The number of anilines is 1. The van der Waals surface area contributed by atoms with Crippen molar-refractivity contribution in [2.24, 2.45) is 5.10 Å². The van der Waals surface area contributed by atoms with E-state index in [-0.39, 0.29) is 17.2 Å². The summed E-state index contributed by atoms with van der Waals surface area (Å²) < 4.78 is 11.3. The Hall–Kier alpha value is -4.90. The minimum Gasteiger partial charge on any atom is -0.496 e. The molecule has 0 amide bonds. The van der Waals surface area contributed by atoms with E-state index in [9.17, 15) is 10.1 Å². The number of benzene rings is 3. The van der Waals surface area contributed by atoms with Crippen molar-refractivity contribution in [2.45, 2.75) is 13.5 Å². The van der Waals surface area contributed by atoms with Crippen molar-refractivity contribution >= 4 is 12.2 Å². The number of methoxy groups -OCH3 is 1. The number of aromatic amines is 1. The maximum absolute atomic E-state index is 12.4. The molecule has 0 radical (unpaired) electrons. The molecule has 0 saturated heterocycles. The Kier molecular flexibility index (Phi) is 7.19. The highest BCUT2D eigenvalue weighted by Gasteiger charge is 2.13. The van der Waals surface area contributed by atoms with Gasteiger partial charge in [-0.1, -0.05) is 48.0 Å². The number of ether oxygens (including phenoxy) is 2. The van der Waals surface area contributed by atoms with E-state index in [1.807, 2.05) is 73.7 Å². The number of hydrogen-bond acceptors (Lipinski definition) is 7. The highest BCUT2D eigenvalue weighted by Crippen LogP contribution is 2.22. The molecule has 1 heterocycles. The van der Waals surface area contributed by atoms with E-state index in [0.29, 0.717) is 17.9 Å². The van der Waals surface area contributed by atoms with Crippen LogP contribution in [-0.2, 0) is 6.61 Å². The zero-order valence-corrected chi connectivity index (χ0v) is 19.3. The molecule has 0 aliphatic rings. The number of rotatable bonds is 8. The molecule has 8 heteroatoms. The fraction of sp³-hybridized carbons (Fsp3) is 0.111. The summed E-state index contributed by atoms with van der Waals surface area (Å²) in [6.45, 7) is 2.35. The van der Waals surface area contributed by atoms with E-state index in [0.717, 1.165) is 22.4 Å². The van der Waals surface area contributed by atoms with Gasteiger partial charge in [0.25, 0.3) is 5.56 Å². The van der Waals surface area contributed by atoms with E-state index in [4.69, 9.17) is 9.47 Å². The average Bonchev–Trinajstić information content (AvgIpc) is 2.88. The molecule has 0 spiro atoms. The zero-order valence-electron chi connectivity index (χ0n) is 19.3. The van der Waals surface area contributed by atoms with E-state index in [1.165, 1.54) is 0 Å². The van der Waals surface area contributed by atoms with Crippen molar-refractivity contribution in [1.82, 2.24) is 9.97 Å². The van der Waals surface area contributed by atoms with Gasteiger partial charge in [-0.25, -0.2) is 10.4 Å². The maximum atomic E-state index is 12.4. The largest absolute Gasteiger partial charge is 0.496 e. The number of hydrazone groups is 1. The molecule has 0 atom stereocenters. The van der Waals surface area contributed by atoms with Crippen LogP contribution < -0.4 is 20.5 Å². The molecule has 0 saturated carbocycles. The van der Waals surface area contributed by atoms with Gasteiger partial charge in [-0.2, -0.15) is 10.4 Å². The Morgan fingerprint density at radius 1 is 1.11 bits per heavy atom. The van der Waals surface area contributed by atoms with Crippen molar-refractivity contribution in [3.63, 3.8) is 0 Å². The van der Waals surface area contributed by atoms with Gasteiger partial charge in [0.15, 0.2) is 0 Å². The lowest BCUT2D eigenvalue weighted by Gasteiger charge is -2.11. The summed E-state index contributed by atoms with van der Waals surface area (Å²) in [4.78, 5) is 19.3. The molecular formula is C27H23N5O3. The minimum absolute atomic E-state index is 0.0564. The van der Waals surface area contributed by atoms with Gasteiger partial charge in [0, 0.05) is 11.1 Å². The number of nitriles is 1. The van der Waals surface area contributed by atoms with E-state index in [1.54, 1.807) is 25.5 Å². The number of hydrogen-bond donors (Lipinski definition) is 2. The first kappa shape index (κ1) is 23.3. The first-order valence-corrected chi connectivity index (χ1v) is 10.8. The third-order valence-electron chi connectivity index (χ3n) is 5.18. The van der Waals surface area contributed by atoms with Crippen LogP contribution in [0.25, 0.3) is 11.3 Å². The lowest BCUT2D eigenvalue weighted by molar-refractivity contribution is 0.296. The predicted octanol–water partition coefficient (Wildman–Crippen LogP) is 4.65. The van der Waals surface area contributed by atoms with Crippen LogP contribution in [0.1, 0.15) is 22.3 Å². The first-order chi connectivity index (χ1) is 17.1. The van der Waals surface area contributed by atoms with E-state index in [2.05, 4.69) is 20.5 Å². The van der Waals surface area contributed by atoms with Crippen molar-refractivity contribution in [1.29, 1.82) is 5.26 Å². The molecule has 4 rings (SSSR count). The molecule has 1 aromatic heterocycles. The van der Waals surface area contributed by atoms with Crippen molar-refractivity contribution in [2.75, 3.05) is 12.5 Å². The Balaban J connectivity index is 1.52. The molecule has 35 heavy (non-hydrogen) atoms. The number of H-pyrrole nitrogens is 1. The Bertz CT molecular complexity index is 1440. The summed E-state index contributed by atoms with van der Waals surface area (Å²) >= 11 is 0. The fourth-order valence-electron chi connectivity index (χ4n) is 3.39. The molecule has 8 nitrogen and oxygen atoms in total. The SMILES string of the molecule is COc1ccc(C=NNc2nc(-c3ccccc3)c(C#N)c(=O)[nH]2)cc1COc1ccc(C)cc1. The van der Waals surface area contributed by atoms with Gasteiger partial charge in [0.2, 0.25) is 5.95 Å². The average molecular weight is 466 g/mol. The second kappa shape index (κ2) is 10.8. The number of nitrogens with zero attached hydrogens (tertiary/aromatic N) is 3. The molecule has 0 unspecified atom stereocenters. The second-order valence-electron chi connectivity index (χ2n) is 7.66. The number of aryl methyl sites for hydroxylation is 1. The third-order valence-corrected chi connectivity index (χ3v) is 5.18. The van der Waals surface area contributed by atoms with E-state index >= 15 is 0 Å². The molecule has 2 N–H and O–H groups in total. The first-order valence-electron chi connectivity index (χ1n) is 10.8. The van der Waals surface area contributed by atoms with Crippen LogP contribution in [-0.4, -0.2) is 23.3 Å². The zero-order chi connectivity index (χ0) is 24.6. The van der Waals surface area contributed by atoms with Gasteiger partial charge >= 0.3 is 0 Å². The smallest absolute Gasteiger partial charge is 0.270 e. The molecule has 0 aliphatic carbocycles. The molecule has 0 bridgehead atoms. The second-order valence-corrected chi connectivity index (χ2v) is 7.66. The predicted molar refractivity (Wildman–Crippen MR) is 135 cm³/mol. The van der Waals surface area contributed by atoms with Crippen LogP contribution in [0, 0.1) is 18.3 Å². The van der Waals surface area contributed by atoms with Gasteiger partial charge in [-0.15, -0.1) is 0 Å². The molecule has 4 aromatic rings. The molecular weight excluding hydrogens is 442 g/mol. The van der Waals surface area contributed by atoms with Gasteiger partial charge in [-0.05, 0) is 42.8 Å². The highest BCUT2D eigenvalue weighted by atomic mass is 16.5. The van der Waals surface area contributed by atoms with Gasteiger partial charge in [0.05, 0.1) is 19.0 Å². The van der Waals surface area contributed by atoms with Crippen LogP contribution in [0.5, 0.6) is 11.5 Å². The van der Waals surface area contributed by atoms with Crippen molar-refractivity contribution in [3.05, 3.63) is 105 Å². The van der Waals surface area contributed by atoms with Crippen LogP contribution in [0.3, 0.4) is 0 Å². The lowest BCUT2D eigenvalue weighted by atomic mass is 10.1. The Labute approximate surface area is 202 Å². The van der Waals surface area contributed by atoms with Crippen molar-refractivity contribution in [3.8, 4) is 28.8 Å². The van der Waals surface area contributed by atoms with Gasteiger partial charge < -0.3 is 9.47 Å². The standard InChI is InChI=1S/C27H23N5O3/c1-18-8-11-22(12-9-18)35-17-21-14-19(10-13-24(21)34-2)16-29-32-27-30-25(20-6-4-3-5-7-20)23(15-28)26(33)31-27/h3-14,16H,17H2,1-2H3,(H2,30,31,32,33). The Morgan fingerprint density at radius 2 is 1.89 bits per heavy atom. The monoisotopic (exact) mass is 465 g/mol. The summed E-state index contributed by atoms with van der Waals surface area (Å²) in [7, 11) is 1.61. The van der Waals surface area contributed by atoms with Crippen LogP contribution in [0.2, 0.25) is 0 Å². The Morgan fingerprint density at radius 3 is 2.60 bits per heavy atom. The summed E-state index contributed by atoms with van der Waals surface area (Å²) in [6, 6.07) is 24.4.